The van der Waals surface area contributed by atoms with Gasteiger partial charge in [-0.25, -0.2) is 0 Å². The first-order valence-electron chi connectivity index (χ1n) is 8.48. The number of carbonyl (C=O) groups excluding carboxylic acids is 1. The number of hydrogen-bond acceptors (Lipinski definition) is 4. The van der Waals surface area contributed by atoms with Crippen LogP contribution in [0.25, 0.3) is 0 Å². The number of rotatable bonds is 3. The van der Waals surface area contributed by atoms with Crippen molar-refractivity contribution in [3.05, 3.63) is 35.4 Å². The molecule has 2 aliphatic heterocycles. The molecule has 0 N–H and O–H groups in total. The van der Waals surface area contributed by atoms with Gasteiger partial charge in [0.2, 0.25) is 0 Å². The van der Waals surface area contributed by atoms with E-state index < -0.39 is 0 Å². The van der Waals surface area contributed by atoms with Crippen LogP contribution in [-0.4, -0.2) is 40.6 Å². The maximum atomic E-state index is 13.0. The van der Waals surface area contributed by atoms with E-state index in [1.165, 1.54) is 23.6 Å². The molecule has 4 rings (SSSR count). The van der Waals surface area contributed by atoms with Gasteiger partial charge >= 0.3 is 0 Å². The Kier molecular flexibility index (Phi) is 4.67. The van der Waals surface area contributed by atoms with E-state index in [2.05, 4.69) is 16.0 Å². The molecule has 0 radical (unpaired) electrons. The van der Waals surface area contributed by atoms with Crippen LogP contribution >= 0.6 is 23.5 Å². The summed E-state index contributed by atoms with van der Waals surface area (Å²) in [5.74, 6) is 3.68. The van der Waals surface area contributed by atoms with E-state index in [1.54, 1.807) is 11.8 Å². The molecule has 3 aliphatic rings. The van der Waals surface area contributed by atoms with Crippen molar-refractivity contribution >= 4 is 33.8 Å². The molecule has 1 saturated carbocycles. The molecule has 122 valence electrons. The van der Waals surface area contributed by atoms with Crippen LogP contribution in [0.3, 0.4) is 0 Å². The van der Waals surface area contributed by atoms with E-state index in [4.69, 9.17) is 0 Å². The van der Waals surface area contributed by atoms with Gasteiger partial charge in [-0.1, -0.05) is 48.1 Å². The van der Waals surface area contributed by atoms with Gasteiger partial charge in [0.15, 0.2) is 0 Å². The van der Waals surface area contributed by atoms with Crippen LogP contribution in [0.2, 0.25) is 0 Å². The minimum atomic E-state index is 0.233. The molecule has 1 amide bonds. The molecule has 0 bridgehead atoms. The lowest BCUT2D eigenvalue weighted by Gasteiger charge is -2.19. The first-order valence-corrected chi connectivity index (χ1v) is 10.5. The van der Waals surface area contributed by atoms with Gasteiger partial charge < -0.3 is 4.90 Å². The molecule has 1 saturated heterocycles. The standard InChI is InChI=1S/C18H22N2OS2/c21-17(20-10-13-5-3-6-14(13)11-20)16-7-2-1-4-15(16)12-23-18-19-8-9-22-18/h1-2,4,7,13-14H,3,5-6,8-12H2/t13-,14+. The summed E-state index contributed by atoms with van der Waals surface area (Å²) in [4.78, 5) is 19.6. The third-order valence-electron chi connectivity index (χ3n) is 5.17. The maximum absolute atomic E-state index is 13.0. The van der Waals surface area contributed by atoms with Gasteiger partial charge in [-0.05, 0) is 36.3 Å². The van der Waals surface area contributed by atoms with Gasteiger partial charge in [-0.15, -0.1) is 0 Å². The Balaban J connectivity index is 1.46. The molecule has 2 fully saturated rings. The number of likely N-dealkylation sites (tertiary alicyclic amines) is 1. The predicted octanol–water partition coefficient (Wildman–Crippen LogP) is 3.89. The number of hydrogen-bond donors (Lipinski definition) is 0. The Bertz CT molecular complexity index is 619. The normalized spacial score (nSPS) is 26.4. The molecule has 1 aliphatic carbocycles. The Hall–Kier alpha value is -0.940. The van der Waals surface area contributed by atoms with Crippen molar-refractivity contribution in [1.82, 2.24) is 4.90 Å². The van der Waals surface area contributed by atoms with E-state index >= 15 is 0 Å². The van der Waals surface area contributed by atoms with Gasteiger partial charge in [0.1, 0.15) is 4.38 Å². The van der Waals surface area contributed by atoms with E-state index in [1.807, 2.05) is 30.0 Å². The van der Waals surface area contributed by atoms with Gasteiger partial charge in [0.25, 0.3) is 5.91 Å². The zero-order valence-corrected chi connectivity index (χ0v) is 14.9. The van der Waals surface area contributed by atoms with Crippen LogP contribution < -0.4 is 0 Å². The second-order valence-electron chi connectivity index (χ2n) is 6.60. The van der Waals surface area contributed by atoms with Crippen LogP contribution in [0.1, 0.15) is 35.2 Å². The largest absolute Gasteiger partial charge is 0.338 e. The second kappa shape index (κ2) is 6.89. The summed E-state index contributed by atoms with van der Waals surface area (Å²) in [6.07, 6.45) is 3.97. The lowest BCUT2D eigenvalue weighted by Crippen LogP contribution is -2.30. The molecule has 0 spiro atoms. The first-order chi connectivity index (χ1) is 11.3. The van der Waals surface area contributed by atoms with Gasteiger partial charge in [0.05, 0.1) is 6.54 Å². The van der Waals surface area contributed by atoms with Crippen LogP contribution in [0, 0.1) is 11.8 Å². The SMILES string of the molecule is O=C(c1ccccc1CSC1=NCCS1)N1C[C@H]2CCC[C@H]2C1. The highest BCUT2D eigenvalue weighted by Gasteiger charge is 2.38. The molecular formula is C18H22N2OS2. The van der Waals surface area contributed by atoms with Crippen molar-refractivity contribution < 1.29 is 4.79 Å². The summed E-state index contributed by atoms with van der Waals surface area (Å²) in [6.45, 7) is 2.87. The third-order valence-corrected chi connectivity index (χ3v) is 7.47. The van der Waals surface area contributed by atoms with Crippen molar-refractivity contribution in [2.45, 2.75) is 25.0 Å². The zero-order valence-electron chi connectivity index (χ0n) is 13.2. The summed E-state index contributed by atoms with van der Waals surface area (Å²) in [5.41, 5.74) is 2.04. The number of benzene rings is 1. The highest BCUT2D eigenvalue weighted by atomic mass is 32.2. The minimum Gasteiger partial charge on any atom is -0.338 e. The van der Waals surface area contributed by atoms with Crippen molar-refractivity contribution in [3.63, 3.8) is 0 Å². The average molecular weight is 347 g/mol. The fraction of sp³-hybridized carbons (Fsp3) is 0.556. The van der Waals surface area contributed by atoms with E-state index in [0.29, 0.717) is 0 Å². The Morgan fingerprint density at radius 3 is 2.78 bits per heavy atom. The van der Waals surface area contributed by atoms with Gasteiger partial charge in [-0.2, -0.15) is 0 Å². The molecule has 5 heteroatoms. The van der Waals surface area contributed by atoms with Crippen LogP contribution in [0.4, 0.5) is 0 Å². The molecule has 1 aromatic rings. The first kappa shape index (κ1) is 15.6. The molecule has 2 atom stereocenters. The minimum absolute atomic E-state index is 0.233. The monoisotopic (exact) mass is 346 g/mol. The second-order valence-corrected chi connectivity index (χ2v) is 8.91. The molecule has 3 nitrogen and oxygen atoms in total. The van der Waals surface area contributed by atoms with Crippen molar-refractivity contribution in [2.24, 2.45) is 16.8 Å². The molecule has 1 aromatic carbocycles. The summed E-state index contributed by atoms with van der Waals surface area (Å²) in [6, 6.07) is 8.11. The van der Waals surface area contributed by atoms with Gasteiger partial charge in [-0.3, -0.25) is 9.79 Å². The number of aliphatic imine (C=N–C) groups is 1. The summed E-state index contributed by atoms with van der Waals surface area (Å²) in [7, 11) is 0. The van der Waals surface area contributed by atoms with Crippen LogP contribution in [-0.2, 0) is 5.75 Å². The highest BCUT2D eigenvalue weighted by molar-refractivity contribution is 8.38. The quantitative estimate of drug-likeness (QED) is 0.832. The lowest BCUT2D eigenvalue weighted by atomic mass is 10.0. The summed E-state index contributed by atoms with van der Waals surface area (Å²) in [5, 5.41) is 0. The number of fused-ring (bicyclic) bond motifs is 1. The summed E-state index contributed by atoms with van der Waals surface area (Å²) >= 11 is 3.60. The topological polar surface area (TPSA) is 32.7 Å². The fourth-order valence-corrected chi connectivity index (χ4v) is 5.98. The summed E-state index contributed by atoms with van der Waals surface area (Å²) < 4.78 is 1.17. The number of thioether (sulfide) groups is 2. The Morgan fingerprint density at radius 1 is 1.26 bits per heavy atom. The number of nitrogens with zero attached hydrogens (tertiary/aromatic N) is 2. The number of amides is 1. The lowest BCUT2D eigenvalue weighted by molar-refractivity contribution is 0.0780. The highest BCUT2D eigenvalue weighted by Crippen LogP contribution is 2.38. The average Bonchev–Trinajstić information content (AvgIpc) is 3.29. The van der Waals surface area contributed by atoms with E-state index in [0.717, 1.165) is 54.1 Å². The smallest absolute Gasteiger partial charge is 0.254 e. The third kappa shape index (κ3) is 3.31. The molecule has 23 heavy (non-hydrogen) atoms. The maximum Gasteiger partial charge on any atom is 0.254 e. The molecule has 0 aromatic heterocycles. The predicted molar refractivity (Wildman–Crippen MR) is 99.2 cm³/mol. The van der Waals surface area contributed by atoms with Crippen LogP contribution in [0.15, 0.2) is 29.3 Å². The fourth-order valence-electron chi connectivity index (χ4n) is 3.97. The van der Waals surface area contributed by atoms with Crippen molar-refractivity contribution in [3.8, 4) is 0 Å². The van der Waals surface area contributed by atoms with E-state index in [9.17, 15) is 4.79 Å². The zero-order chi connectivity index (χ0) is 15.6. The molecule has 2 heterocycles. The van der Waals surface area contributed by atoms with Crippen LogP contribution in [0.5, 0.6) is 0 Å². The van der Waals surface area contributed by atoms with Gasteiger partial charge in [0, 0.05) is 30.2 Å². The molecular weight excluding hydrogens is 324 g/mol. The number of carbonyl (C=O) groups is 1. The van der Waals surface area contributed by atoms with E-state index in [-0.39, 0.29) is 5.91 Å². The Morgan fingerprint density at radius 2 is 2.04 bits per heavy atom. The van der Waals surface area contributed by atoms with Crippen molar-refractivity contribution in [1.29, 1.82) is 0 Å². The van der Waals surface area contributed by atoms with Crippen molar-refractivity contribution in [2.75, 3.05) is 25.4 Å². The Labute approximate surface area is 146 Å². The molecule has 0 unspecified atom stereocenters.